The number of carboxylic acid groups (broad SMARTS) is 1. The third kappa shape index (κ3) is 5.55. The molecule has 2 rings (SSSR count). The number of hydrogen-bond acceptors (Lipinski definition) is 3. The minimum Gasteiger partial charge on any atom is -0.494 e. The van der Waals surface area contributed by atoms with E-state index < -0.39 is 5.97 Å². The Hall–Kier alpha value is -2.04. The average molecular weight is 333 g/mol. The molecule has 1 aliphatic rings. The lowest BCUT2D eigenvalue weighted by molar-refractivity contribution is -0.138. The number of nitrogens with zero attached hydrogens (tertiary/aromatic N) is 1. The van der Waals surface area contributed by atoms with E-state index in [0.29, 0.717) is 32.5 Å². The second-order valence-electron chi connectivity index (χ2n) is 6.62. The first kappa shape index (κ1) is 18.3. The third-order valence-corrected chi connectivity index (χ3v) is 4.71. The highest BCUT2D eigenvalue weighted by Crippen LogP contribution is 2.21. The number of aryl methyl sites for hydroxylation is 2. The van der Waals surface area contributed by atoms with Gasteiger partial charge in [-0.05, 0) is 62.3 Å². The van der Waals surface area contributed by atoms with Gasteiger partial charge in [-0.25, -0.2) is 0 Å². The van der Waals surface area contributed by atoms with Crippen LogP contribution in [-0.2, 0) is 9.59 Å². The summed E-state index contributed by atoms with van der Waals surface area (Å²) in [5.41, 5.74) is 2.44. The number of aliphatic carboxylic acids is 1. The van der Waals surface area contributed by atoms with E-state index in [4.69, 9.17) is 9.84 Å². The molecule has 0 radical (unpaired) electrons. The number of carboxylic acids is 1. The standard InChI is InChI=1S/C19H27NO4/c1-14-5-6-17(12-15(14)2)24-11-3-4-18(21)20-9-7-16(8-10-20)13-19(22)23/h5-6,12,16H,3-4,7-11,13H2,1-2H3,(H,22,23). The van der Waals surface area contributed by atoms with Gasteiger partial charge in [0.25, 0.3) is 0 Å². The van der Waals surface area contributed by atoms with Crippen molar-refractivity contribution in [3.05, 3.63) is 29.3 Å². The Morgan fingerprint density at radius 2 is 1.92 bits per heavy atom. The molecule has 24 heavy (non-hydrogen) atoms. The number of ether oxygens (including phenoxy) is 1. The van der Waals surface area contributed by atoms with Gasteiger partial charge in [0.2, 0.25) is 5.91 Å². The Bertz CT molecular complexity index is 577. The second kappa shape index (κ2) is 8.71. The SMILES string of the molecule is Cc1ccc(OCCCC(=O)N2CCC(CC(=O)O)CC2)cc1C. The molecule has 0 unspecified atom stereocenters. The van der Waals surface area contributed by atoms with E-state index in [1.165, 1.54) is 11.1 Å². The molecule has 0 spiro atoms. The number of rotatable bonds is 7. The summed E-state index contributed by atoms with van der Waals surface area (Å²) in [6.45, 7) is 6.00. The van der Waals surface area contributed by atoms with Crippen LogP contribution in [0.1, 0.15) is 43.2 Å². The maximum atomic E-state index is 12.2. The highest BCUT2D eigenvalue weighted by molar-refractivity contribution is 5.76. The molecule has 1 saturated heterocycles. The number of piperidine rings is 1. The number of benzene rings is 1. The molecule has 1 aromatic rings. The van der Waals surface area contributed by atoms with E-state index in [1.54, 1.807) is 0 Å². The lowest BCUT2D eigenvalue weighted by Gasteiger charge is -2.31. The summed E-state index contributed by atoms with van der Waals surface area (Å²) in [5.74, 6) is 0.454. The molecule has 0 atom stereocenters. The molecule has 132 valence electrons. The molecule has 5 nitrogen and oxygen atoms in total. The van der Waals surface area contributed by atoms with Crippen LogP contribution in [0.15, 0.2) is 18.2 Å². The van der Waals surface area contributed by atoms with Gasteiger partial charge in [0.05, 0.1) is 6.61 Å². The zero-order valence-electron chi connectivity index (χ0n) is 14.6. The van der Waals surface area contributed by atoms with Crippen LogP contribution in [0.3, 0.4) is 0 Å². The first-order chi connectivity index (χ1) is 11.5. The van der Waals surface area contributed by atoms with Crippen LogP contribution in [0.2, 0.25) is 0 Å². The molecular formula is C19H27NO4. The molecular weight excluding hydrogens is 306 g/mol. The zero-order chi connectivity index (χ0) is 17.5. The fourth-order valence-electron chi connectivity index (χ4n) is 3.01. The van der Waals surface area contributed by atoms with Crippen LogP contribution in [-0.4, -0.2) is 41.6 Å². The van der Waals surface area contributed by atoms with Gasteiger partial charge in [0.15, 0.2) is 0 Å². The van der Waals surface area contributed by atoms with Crippen molar-refractivity contribution >= 4 is 11.9 Å². The molecule has 0 aromatic heterocycles. The molecule has 0 aliphatic carbocycles. The molecule has 1 aromatic carbocycles. The summed E-state index contributed by atoms with van der Waals surface area (Å²) >= 11 is 0. The molecule has 1 heterocycles. The predicted molar refractivity (Wildman–Crippen MR) is 92.2 cm³/mol. The van der Waals surface area contributed by atoms with Gasteiger partial charge in [-0.15, -0.1) is 0 Å². The van der Waals surface area contributed by atoms with E-state index in [-0.39, 0.29) is 18.2 Å². The maximum absolute atomic E-state index is 12.2. The minimum absolute atomic E-state index is 0.146. The molecule has 1 amide bonds. The molecule has 1 aliphatic heterocycles. The fourth-order valence-corrected chi connectivity index (χ4v) is 3.01. The van der Waals surface area contributed by atoms with Crippen molar-refractivity contribution in [3.63, 3.8) is 0 Å². The van der Waals surface area contributed by atoms with E-state index in [0.717, 1.165) is 18.6 Å². The molecule has 1 N–H and O–H groups in total. The topological polar surface area (TPSA) is 66.8 Å². The van der Waals surface area contributed by atoms with Gasteiger partial charge >= 0.3 is 5.97 Å². The van der Waals surface area contributed by atoms with Gasteiger partial charge in [-0.2, -0.15) is 0 Å². The summed E-state index contributed by atoms with van der Waals surface area (Å²) in [4.78, 5) is 24.8. The number of likely N-dealkylation sites (tertiary alicyclic amines) is 1. The summed E-state index contributed by atoms with van der Waals surface area (Å²) in [5, 5.41) is 8.82. The summed E-state index contributed by atoms with van der Waals surface area (Å²) < 4.78 is 5.70. The monoisotopic (exact) mass is 333 g/mol. The summed E-state index contributed by atoms with van der Waals surface area (Å²) in [6, 6.07) is 6.01. The van der Waals surface area contributed by atoms with Crippen LogP contribution in [0, 0.1) is 19.8 Å². The Labute approximate surface area is 143 Å². The maximum Gasteiger partial charge on any atom is 0.303 e. The number of amides is 1. The summed E-state index contributed by atoms with van der Waals surface area (Å²) in [6.07, 6.45) is 2.97. The van der Waals surface area contributed by atoms with E-state index >= 15 is 0 Å². The van der Waals surface area contributed by atoms with Crippen molar-refractivity contribution in [2.75, 3.05) is 19.7 Å². The smallest absolute Gasteiger partial charge is 0.303 e. The van der Waals surface area contributed by atoms with Crippen molar-refractivity contribution in [2.24, 2.45) is 5.92 Å². The van der Waals surface area contributed by atoms with Crippen molar-refractivity contribution in [2.45, 2.75) is 46.0 Å². The van der Waals surface area contributed by atoms with E-state index in [2.05, 4.69) is 13.8 Å². The van der Waals surface area contributed by atoms with Crippen molar-refractivity contribution < 1.29 is 19.4 Å². The van der Waals surface area contributed by atoms with Gasteiger partial charge in [-0.1, -0.05) is 6.07 Å². The van der Waals surface area contributed by atoms with Crippen LogP contribution in [0.25, 0.3) is 0 Å². The molecule has 0 bridgehead atoms. The van der Waals surface area contributed by atoms with Crippen molar-refractivity contribution in [1.82, 2.24) is 4.90 Å². The normalized spacial score (nSPS) is 15.3. The number of carbonyl (C=O) groups is 2. The summed E-state index contributed by atoms with van der Waals surface area (Å²) in [7, 11) is 0. The quantitative estimate of drug-likeness (QED) is 0.778. The zero-order valence-corrected chi connectivity index (χ0v) is 14.6. The van der Waals surface area contributed by atoms with Crippen LogP contribution >= 0.6 is 0 Å². The predicted octanol–water partition coefficient (Wildman–Crippen LogP) is 3.18. The molecule has 0 saturated carbocycles. The largest absolute Gasteiger partial charge is 0.494 e. The molecule has 1 fully saturated rings. The van der Waals surface area contributed by atoms with Crippen LogP contribution in [0.4, 0.5) is 0 Å². The Morgan fingerprint density at radius 3 is 2.54 bits per heavy atom. The van der Waals surface area contributed by atoms with Crippen molar-refractivity contribution in [1.29, 1.82) is 0 Å². The lowest BCUT2D eigenvalue weighted by Crippen LogP contribution is -2.38. The number of carbonyl (C=O) groups excluding carboxylic acids is 1. The van der Waals surface area contributed by atoms with Gasteiger partial charge in [0, 0.05) is 25.9 Å². The van der Waals surface area contributed by atoms with Crippen LogP contribution < -0.4 is 4.74 Å². The average Bonchev–Trinajstić information content (AvgIpc) is 2.54. The highest BCUT2D eigenvalue weighted by Gasteiger charge is 2.23. The van der Waals surface area contributed by atoms with Crippen LogP contribution in [0.5, 0.6) is 5.75 Å². The first-order valence-electron chi connectivity index (χ1n) is 8.65. The fraction of sp³-hybridized carbons (Fsp3) is 0.579. The number of hydrogen-bond donors (Lipinski definition) is 1. The van der Waals surface area contributed by atoms with E-state index in [1.807, 2.05) is 23.1 Å². The highest BCUT2D eigenvalue weighted by atomic mass is 16.5. The lowest BCUT2D eigenvalue weighted by atomic mass is 9.93. The molecule has 5 heteroatoms. The van der Waals surface area contributed by atoms with E-state index in [9.17, 15) is 9.59 Å². The third-order valence-electron chi connectivity index (χ3n) is 4.71. The van der Waals surface area contributed by atoms with Crippen molar-refractivity contribution in [3.8, 4) is 5.75 Å². The van der Waals surface area contributed by atoms with Gasteiger partial charge in [0.1, 0.15) is 5.75 Å². The first-order valence-corrected chi connectivity index (χ1v) is 8.65. The minimum atomic E-state index is -0.747. The second-order valence-corrected chi connectivity index (χ2v) is 6.62. The van der Waals surface area contributed by atoms with Gasteiger partial charge < -0.3 is 14.7 Å². The van der Waals surface area contributed by atoms with Gasteiger partial charge in [-0.3, -0.25) is 9.59 Å². The Kier molecular flexibility index (Phi) is 6.64. The Morgan fingerprint density at radius 1 is 1.21 bits per heavy atom. The Balaban J connectivity index is 1.65.